The molecule has 0 fully saturated rings. The lowest BCUT2D eigenvalue weighted by atomic mass is 9.34. The number of ether oxygens (including phenoxy) is 1. The lowest BCUT2D eigenvalue weighted by Crippen LogP contribution is -2.59. The Morgan fingerprint density at radius 3 is 1.25 bits per heavy atom. The Hall–Kier alpha value is -12.4. The monoisotopic (exact) mass is 1450 g/mol. The molecule has 19 rings (SSSR count). The number of nitrogens with zero attached hydrogens (tertiary/aromatic N) is 3. The van der Waals surface area contributed by atoms with Gasteiger partial charge in [0.15, 0.2) is 0 Å². The molecule has 2 aromatic heterocycles. The fraction of sp³-hybridized carbons (Fsp3) is 0.151. The summed E-state index contributed by atoms with van der Waals surface area (Å²) >= 11 is 0. The van der Waals surface area contributed by atoms with E-state index < -0.39 is 125 Å². The van der Waals surface area contributed by atoms with E-state index in [9.17, 15) is 24.7 Å². The SMILES string of the molecule is [2H]c1c([2H])c(-c2cc3c4c(c2)N(c2c(-c5c([2H])c([2H])c([2H])c6c5c5c([2H])c([2H])c([2H])c([2H])c5n6-c5ccccc5)cc(C(C)(C)C)cc2-c2c([2H])c([2H])c([2H])c5c2c2c([2H])c([2H])c([2H])c([2H])c2n5-c2ccccc2)c2cc(-c5cc(C(C)(C)C)cc(C(C)(C)C)c5)ccc2B4c2cc(-c4cc(-c5ccccc5)cc(-c5ccccc5)c4)ccc2O3)c([2H])c(C(C)(C)C)c1[2H]. The van der Waals surface area contributed by atoms with Gasteiger partial charge in [-0.2, -0.15) is 0 Å². The Morgan fingerprint density at radius 2 is 0.730 bits per heavy atom. The van der Waals surface area contributed by atoms with Gasteiger partial charge in [-0.1, -0.05) is 307 Å². The van der Waals surface area contributed by atoms with Gasteiger partial charge in [-0.3, -0.25) is 0 Å². The maximum Gasteiger partial charge on any atom is 0.256 e. The van der Waals surface area contributed by atoms with Gasteiger partial charge in [-0.25, -0.2) is 0 Å². The van der Waals surface area contributed by atoms with E-state index in [4.69, 9.17) is 4.74 Å². The van der Waals surface area contributed by atoms with E-state index in [2.05, 4.69) is 126 Å². The molecular weight excluding hydrogens is 1340 g/mol. The molecule has 0 atom stereocenters. The Balaban J connectivity index is 1.08. The average molecular weight is 1450 g/mol. The van der Waals surface area contributed by atoms with Crippen LogP contribution in [0.25, 0.3) is 133 Å². The van der Waals surface area contributed by atoms with E-state index in [1.54, 1.807) is 75.9 Å². The van der Waals surface area contributed by atoms with Crippen molar-refractivity contribution in [3.05, 3.63) is 349 Å². The van der Waals surface area contributed by atoms with E-state index in [0.29, 0.717) is 50.3 Å². The van der Waals surface area contributed by atoms with Crippen LogP contribution in [0.15, 0.2) is 327 Å². The van der Waals surface area contributed by atoms with Crippen molar-refractivity contribution >= 4 is 83.8 Å². The zero-order valence-corrected chi connectivity index (χ0v) is 64.1. The van der Waals surface area contributed by atoms with Gasteiger partial charge in [0, 0.05) is 55.4 Å². The number of para-hydroxylation sites is 4. The Morgan fingerprint density at radius 1 is 0.297 bits per heavy atom. The zero-order chi connectivity index (χ0) is 91.6. The number of anilines is 3. The molecule has 4 nitrogen and oxygen atoms in total. The van der Waals surface area contributed by atoms with Crippen molar-refractivity contribution in [2.24, 2.45) is 0 Å². The van der Waals surface area contributed by atoms with Crippen LogP contribution in [-0.2, 0) is 21.7 Å². The highest BCUT2D eigenvalue weighted by atomic mass is 16.5. The Kier molecular flexibility index (Phi) is 12.2. The summed E-state index contributed by atoms with van der Waals surface area (Å²) in [5.74, 6) is 0.682. The first-order valence-corrected chi connectivity index (χ1v) is 37.9. The van der Waals surface area contributed by atoms with Crippen LogP contribution < -0.4 is 26.0 Å². The van der Waals surface area contributed by atoms with Crippen molar-refractivity contribution in [3.63, 3.8) is 0 Å². The maximum atomic E-state index is 11.1. The predicted molar refractivity (Wildman–Crippen MR) is 474 cm³/mol. The fourth-order valence-electron chi connectivity index (χ4n) is 16.3. The molecular formula is C106H90BN3O. The summed E-state index contributed by atoms with van der Waals surface area (Å²) in [7, 11) is 0. The van der Waals surface area contributed by atoms with Crippen LogP contribution in [0, 0.1) is 0 Å². The third kappa shape index (κ3) is 11.9. The van der Waals surface area contributed by atoms with E-state index in [0.717, 1.165) is 50.1 Å². The first-order chi connectivity index (χ1) is 61.1. The topological polar surface area (TPSA) is 22.3 Å². The van der Waals surface area contributed by atoms with Crippen LogP contribution in [0.5, 0.6) is 11.5 Å². The molecule has 0 N–H and O–H groups in total. The Bertz CT molecular complexity index is 7400. The highest BCUT2D eigenvalue weighted by Gasteiger charge is 2.45. The third-order valence-electron chi connectivity index (χ3n) is 22.1. The molecule has 0 saturated carbocycles. The molecule has 538 valence electrons. The summed E-state index contributed by atoms with van der Waals surface area (Å²) in [6, 6.07) is 61.7. The van der Waals surface area contributed by atoms with Crippen molar-refractivity contribution in [2.45, 2.75) is 105 Å². The highest BCUT2D eigenvalue weighted by molar-refractivity contribution is 6.99. The summed E-state index contributed by atoms with van der Waals surface area (Å²) in [4.78, 5) is 1.98. The molecule has 17 aromatic rings. The smallest absolute Gasteiger partial charge is 0.256 e. The minimum atomic E-state index is -0.999. The van der Waals surface area contributed by atoms with Crippen LogP contribution in [0.2, 0.25) is 0 Å². The minimum absolute atomic E-state index is 0.0173. The molecule has 4 heterocycles. The van der Waals surface area contributed by atoms with Crippen LogP contribution in [-0.4, -0.2) is 15.8 Å². The first-order valence-electron chi connectivity index (χ1n) is 46.9. The number of benzene rings is 15. The molecule has 5 heteroatoms. The lowest BCUT2D eigenvalue weighted by Gasteiger charge is -2.42. The van der Waals surface area contributed by atoms with E-state index >= 15 is 0 Å². The van der Waals surface area contributed by atoms with E-state index in [1.165, 1.54) is 0 Å². The second-order valence-electron chi connectivity index (χ2n) is 33.5. The van der Waals surface area contributed by atoms with Gasteiger partial charge in [0.1, 0.15) is 11.5 Å². The summed E-state index contributed by atoms with van der Waals surface area (Å²) in [5.41, 5.74) is 10.3. The van der Waals surface area contributed by atoms with Crippen molar-refractivity contribution < 1.29 is 29.4 Å². The molecule has 2 aliphatic heterocycles. The van der Waals surface area contributed by atoms with E-state index in [1.807, 2.05) is 113 Å². The first kappa shape index (κ1) is 51.8. The third-order valence-corrected chi connectivity index (χ3v) is 22.1. The second kappa shape index (κ2) is 26.1. The number of aromatic nitrogens is 2. The van der Waals surface area contributed by atoms with Crippen molar-refractivity contribution in [1.29, 1.82) is 0 Å². The molecule has 111 heavy (non-hydrogen) atoms. The van der Waals surface area contributed by atoms with Crippen LogP contribution in [0.4, 0.5) is 17.1 Å². The van der Waals surface area contributed by atoms with Crippen LogP contribution >= 0.6 is 0 Å². The predicted octanol–water partition coefficient (Wildman–Crippen LogP) is 27.1. The van der Waals surface area contributed by atoms with Gasteiger partial charge in [-0.05, 0) is 230 Å². The van der Waals surface area contributed by atoms with Crippen LogP contribution in [0.1, 0.15) is 130 Å². The number of rotatable bonds is 10. The summed E-state index contributed by atoms with van der Waals surface area (Å²) < 4.78 is 194. The molecule has 15 aromatic carbocycles. The summed E-state index contributed by atoms with van der Waals surface area (Å²) in [5, 5.41) is -0.273. The van der Waals surface area contributed by atoms with Gasteiger partial charge in [-0.15, -0.1) is 0 Å². The van der Waals surface area contributed by atoms with Gasteiger partial charge < -0.3 is 18.8 Å². The van der Waals surface area contributed by atoms with Crippen molar-refractivity contribution in [2.75, 3.05) is 4.90 Å². The molecule has 0 saturated heterocycles. The van der Waals surface area contributed by atoms with Gasteiger partial charge in [0.05, 0.1) is 52.4 Å². The lowest BCUT2D eigenvalue weighted by molar-refractivity contribution is 0.488. The second-order valence-corrected chi connectivity index (χ2v) is 33.5. The summed E-state index contributed by atoms with van der Waals surface area (Å²) in [6.07, 6.45) is 0. The van der Waals surface area contributed by atoms with Crippen LogP contribution in [0.3, 0.4) is 0 Å². The van der Waals surface area contributed by atoms with Gasteiger partial charge in [0.25, 0.3) is 6.71 Å². The summed E-state index contributed by atoms with van der Waals surface area (Å²) in [6.45, 7) is 23.6. The zero-order valence-electron chi connectivity index (χ0n) is 82.1. The standard InChI is InChI=1S/C106H90BN3O/c1-103(2,3)77-37-29-36-69(57-77)76-62-96-101-98(63-76)111-97-53-51-70(74-55-72(67-32-17-13-18-33-67)54-73(56-74)68-34-19-14-20-35-68)60-90(97)107(101)89-52-50-71(75-58-78(104(4,5)6)64-79(59-75)105(7,8)9)61-95(89)110(96)102-87(83-44-30-48-93-99(83)85-42-25-27-46-91(85)108(93)81-38-21-15-22-39-81)65-80(106(10,11)12)66-88(102)84-45-31-49-94-100(84)86-43-26-28-47-92(86)109(94)82-40-23-16-24-41-82/h13-66H,1-12H3/i25D,26D,27D,28D,29D,30D,31D,36D,37D,42D,43D,44D,45D,46D,47D,48D,49D,57D. The normalized spacial score (nSPS) is 15.2. The highest BCUT2D eigenvalue weighted by Crippen LogP contribution is 2.56. The number of fused-ring (bicyclic) bond motifs is 10. The average Bonchev–Trinajstić information content (AvgIpc) is 1.62. The Labute approximate surface area is 678 Å². The molecule has 0 radical (unpaired) electrons. The van der Waals surface area contributed by atoms with E-state index in [-0.39, 0.29) is 112 Å². The van der Waals surface area contributed by atoms with Crippen molar-refractivity contribution in [3.8, 4) is 101 Å². The quantitative estimate of drug-likeness (QED) is 0.127. The minimum Gasteiger partial charge on any atom is -0.458 e. The van der Waals surface area contributed by atoms with Gasteiger partial charge in [0.2, 0.25) is 0 Å². The maximum absolute atomic E-state index is 11.1. The molecule has 0 aliphatic carbocycles. The van der Waals surface area contributed by atoms with Gasteiger partial charge >= 0.3 is 0 Å². The largest absolute Gasteiger partial charge is 0.458 e. The van der Waals surface area contributed by atoms with Crippen molar-refractivity contribution in [1.82, 2.24) is 9.13 Å². The number of hydrogen-bond acceptors (Lipinski definition) is 2. The molecule has 0 bridgehead atoms. The molecule has 0 amide bonds. The molecule has 0 spiro atoms. The number of hydrogen-bond donors (Lipinski definition) is 0. The molecule has 0 unspecified atom stereocenters. The fourth-order valence-corrected chi connectivity index (χ4v) is 16.3. The molecule has 2 aliphatic rings.